The van der Waals surface area contributed by atoms with Crippen LogP contribution in [0.1, 0.15) is 26.0 Å². The first-order chi connectivity index (χ1) is 8.93. The highest BCUT2D eigenvalue weighted by Crippen LogP contribution is 2.17. The molecule has 19 heavy (non-hydrogen) atoms. The maximum atomic E-state index is 11.8. The van der Waals surface area contributed by atoms with E-state index in [9.17, 15) is 9.59 Å². The van der Waals surface area contributed by atoms with E-state index >= 15 is 0 Å². The van der Waals surface area contributed by atoms with Gasteiger partial charge in [-0.25, -0.2) is 9.78 Å². The lowest BCUT2D eigenvalue weighted by Gasteiger charge is -2.19. The Bertz CT molecular complexity index is 447. The monoisotopic (exact) mass is 285 g/mol. The van der Waals surface area contributed by atoms with E-state index in [1.54, 1.807) is 14.0 Å². The number of nitrogens with one attached hydrogen (secondary N) is 1. The van der Waals surface area contributed by atoms with E-state index in [4.69, 9.17) is 5.11 Å². The number of carbonyl (C=O) groups is 2. The van der Waals surface area contributed by atoms with Crippen LogP contribution in [0.4, 0.5) is 9.93 Å². The number of aryl methyl sites for hydroxylation is 1. The van der Waals surface area contributed by atoms with Gasteiger partial charge in [-0.3, -0.25) is 10.1 Å². The number of hydrogen-bond acceptors (Lipinski definition) is 4. The molecule has 0 radical (unpaired) electrons. The fraction of sp³-hybridized carbons (Fsp3) is 0.583. The first-order valence-electron chi connectivity index (χ1n) is 6.13. The Morgan fingerprint density at radius 1 is 1.58 bits per heavy atom. The topological polar surface area (TPSA) is 82.5 Å². The molecule has 106 valence electrons. The lowest BCUT2D eigenvalue weighted by atomic mass is 10.2. The maximum absolute atomic E-state index is 11.8. The molecule has 0 aromatic carbocycles. The number of nitrogens with zero attached hydrogens (tertiary/aromatic N) is 2. The minimum absolute atomic E-state index is 0.161. The van der Waals surface area contributed by atoms with Gasteiger partial charge in [-0.05, 0) is 6.42 Å². The summed E-state index contributed by atoms with van der Waals surface area (Å²) in [5, 5.41) is 13.9. The number of carboxylic acid groups (broad SMARTS) is 1. The summed E-state index contributed by atoms with van der Waals surface area (Å²) in [5.74, 6) is -1.51. The predicted octanol–water partition coefficient (Wildman–Crippen LogP) is 2.28. The summed E-state index contributed by atoms with van der Waals surface area (Å²) < 4.78 is 0. The average molecular weight is 285 g/mol. The third-order valence-corrected chi connectivity index (χ3v) is 3.39. The van der Waals surface area contributed by atoms with Crippen molar-refractivity contribution in [1.29, 1.82) is 0 Å². The quantitative estimate of drug-likeness (QED) is 0.840. The molecule has 0 aliphatic carbocycles. The number of amides is 2. The average Bonchev–Trinajstić information content (AvgIpc) is 2.76. The number of anilines is 1. The van der Waals surface area contributed by atoms with Crippen molar-refractivity contribution in [1.82, 2.24) is 9.88 Å². The molecule has 1 unspecified atom stereocenters. The Morgan fingerprint density at radius 2 is 2.26 bits per heavy atom. The third-order valence-electron chi connectivity index (χ3n) is 2.59. The lowest BCUT2D eigenvalue weighted by Crippen LogP contribution is -2.36. The normalized spacial score (nSPS) is 11.9. The Morgan fingerprint density at radius 3 is 2.84 bits per heavy atom. The molecule has 6 nitrogen and oxygen atoms in total. The van der Waals surface area contributed by atoms with Crippen molar-refractivity contribution in [2.75, 3.05) is 18.9 Å². The molecule has 0 fully saturated rings. The number of urea groups is 1. The molecule has 0 saturated carbocycles. The second kappa shape index (κ2) is 7.08. The van der Waals surface area contributed by atoms with Crippen molar-refractivity contribution in [3.8, 4) is 0 Å². The van der Waals surface area contributed by atoms with Gasteiger partial charge < -0.3 is 10.0 Å². The van der Waals surface area contributed by atoms with Gasteiger partial charge in [0.1, 0.15) is 0 Å². The van der Waals surface area contributed by atoms with E-state index in [0.717, 1.165) is 18.5 Å². The van der Waals surface area contributed by atoms with E-state index in [2.05, 4.69) is 17.2 Å². The van der Waals surface area contributed by atoms with Crippen LogP contribution in [0.25, 0.3) is 0 Å². The molecule has 1 aromatic rings. The van der Waals surface area contributed by atoms with Crippen LogP contribution in [0.15, 0.2) is 5.38 Å². The molecule has 7 heteroatoms. The Labute approximate surface area is 116 Å². The molecule has 0 bridgehead atoms. The van der Waals surface area contributed by atoms with Crippen molar-refractivity contribution < 1.29 is 14.7 Å². The van der Waals surface area contributed by atoms with Gasteiger partial charge in [-0.1, -0.05) is 20.3 Å². The fourth-order valence-corrected chi connectivity index (χ4v) is 2.23. The Kier molecular flexibility index (Phi) is 5.75. The molecule has 1 aromatic heterocycles. The van der Waals surface area contributed by atoms with Gasteiger partial charge in [0.05, 0.1) is 11.6 Å². The molecule has 2 amide bonds. The summed E-state index contributed by atoms with van der Waals surface area (Å²) in [5.41, 5.74) is 0.962. The number of rotatable bonds is 6. The van der Waals surface area contributed by atoms with Crippen LogP contribution in [-0.2, 0) is 11.2 Å². The smallest absolute Gasteiger partial charge is 0.323 e. The van der Waals surface area contributed by atoms with Crippen LogP contribution in [0.3, 0.4) is 0 Å². The molecule has 0 saturated heterocycles. The zero-order chi connectivity index (χ0) is 14.4. The summed E-state index contributed by atoms with van der Waals surface area (Å²) in [6, 6.07) is -0.342. The summed E-state index contributed by atoms with van der Waals surface area (Å²) in [6.07, 6.45) is 1.89. The highest BCUT2D eigenvalue weighted by molar-refractivity contribution is 7.13. The summed E-state index contributed by atoms with van der Waals surface area (Å²) in [6.45, 7) is 3.79. The van der Waals surface area contributed by atoms with Crippen molar-refractivity contribution in [2.24, 2.45) is 5.92 Å². The third kappa shape index (κ3) is 4.86. The molecule has 0 aliphatic rings. The van der Waals surface area contributed by atoms with Crippen LogP contribution in [0.5, 0.6) is 0 Å². The first kappa shape index (κ1) is 15.4. The van der Waals surface area contributed by atoms with Crippen molar-refractivity contribution >= 4 is 28.5 Å². The van der Waals surface area contributed by atoms with Crippen LogP contribution in [0, 0.1) is 5.92 Å². The Hall–Kier alpha value is -1.63. The highest BCUT2D eigenvalue weighted by Gasteiger charge is 2.18. The number of aliphatic carboxylic acids is 1. The van der Waals surface area contributed by atoms with Crippen LogP contribution in [-0.4, -0.2) is 40.6 Å². The number of hydrogen-bond donors (Lipinski definition) is 2. The number of carboxylic acids is 1. The lowest BCUT2D eigenvalue weighted by molar-refractivity contribution is -0.141. The fourth-order valence-electron chi connectivity index (χ4n) is 1.49. The summed E-state index contributed by atoms with van der Waals surface area (Å²) >= 11 is 1.37. The second-order valence-electron chi connectivity index (χ2n) is 4.44. The van der Waals surface area contributed by atoms with Gasteiger partial charge in [-0.2, -0.15) is 0 Å². The van der Waals surface area contributed by atoms with Gasteiger partial charge >= 0.3 is 12.0 Å². The molecular formula is C12H19N3O3S. The Balaban J connectivity index is 2.51. The first-order valence-corrected chi connectivity index (χ1v) is 7.01. The minimum atomic E-state index is -0.917. The molecule has 2 N–H and O–H groups in total. The predicted molar refractivity (Wildman–Crippen MR) is 74.6 cm³/mol. The van der Waals surface area contributed by atoms with Gasteiger partial charge in [0, 0.05) is 19.0 Å². The zero-order valence-corrected chi connectivity index (χ0v) is 12.2. The largest absolute Gasteiger partial charge is 0.481 e. The SMILES string of the molecule is CCCc1csc(NC(=O)N(C)CC(C)C(=O)O)n1. The summed E-state index contributed by atoms with van der Waals surface area (Å²) in [7, 11) is 1.56. The second-order valence-corrected chi connectivity index (χ2v) is 5.30. The highest BCUT2D eigenvalue weighted by atomic mass is 32.1. The molecule has 0 spiro atoms. The molecule has 1 atom stereocenters. The number of thiazole rings is 1. The molecule has 1 heterocycles. The molecular weight excluding hydrogens is 266 g/mol. The van der Waals surface area contributed by atoms with Gasteiger partial charge in [0.2, 0.25) is 0 Å². The van der Waals surface area contributed by atoms with Crippen LogP contribution < -0.4 is 5.32 Å². The van der Waals surface area contributed by atoms with Gasteiger partial charge in [-0.15, -0.1) is 11.3 Å². The van der Waals surface area contributed by atoms with Crippen molar-refractivity contribution in [3.05, 3.63) is 11.1 Å². The van der Waals surface area contributed by atoms with Gasteiger partial charge in [0.25, 0.3) is 0 Å². The van der Waals surface area contributed by atoms with Crippen molar-refractivity contribution in [3.63, 3.8) is 0 Å². The zero-order valence-electron chi connectivity index (χ0n) is 11.3. The summed E-state index contributed by atoms with van der Waals surface area (Å²) in [4.78, 5) is 28.2. The molecule has 1 rings (SSSR count). The van der Waals surface area contributed by atoms with Crippen molar-refractivity contribution in [2.45, 2.75) is 26.7 Å². The van der Waals surface area contributed by atoms with E-state index in [0.29, 0.717) is 5.13 Å². The standard InChI is InChI=1S/C12H19N3O3S/c1-4-5-9-7-19-11(13-9)14-12(18)15(3)6-8(2)10(16)17/h7-8H,4-6H2,1-3H3,(H,16,17)(H,13,14,18). The van der Waals surface area contributed by atoms with E-state index < -0.39 is 11.9 Å². The van der Waals surface area contributed by atoms with Crippen LogP contribution in [0.2, 0.25) is 0 Å². The maximum Gasteiger partial charge on any atom is 0.323 e. The number of carbonyl (C=O) groups excluding carboxylic acids is 1. The number of aromatic nitrogens is 1. The molecule has 0 aliphatic heterocycles. The van der Waals surface area contributed by atoms with E-state index in [-0.39, 0.29) is 12.6 Å². The minimum Gasteiger partial charge on any atom is -0.481 e. The van der Waals surface area contributed by atoms with E-state index in [1.807, 2.05) is 5.38 Å². The van der Waals surface area contributed by atoms with Crippen LogP contribution >= 0.6 is 11.3 Å². The van der Waals surface area contributed by atoms with E-state index in [1.165, 1.54) is 16.2 Å². The van der Waals surface area contributed by atoms with Gasteiger partial charge in [0.15, 0.2) is 5.13 Å².